The Morgan fingerprint density at radius 1 is 1.39 bits per heavy atom. The molecular formula is C17H24N4O6S. The number of hydrogen-bond donors (Lipinski definition) is 5. The van der Waals surface area contributed by atoms with Gasteiger partial charge in [0, 0.05) is 41.6 Å². The third-order valence-electron chi connectivity index (χ3n) is 6.05. The van der Waals surface area contributed by atoms with Crippen molar-refractivity contribution in [3.05, 3.63) is 10.8 Å². The molecule has 0 aromatic carbocycles. The van der Waals surface area contributed by atoms with Crippen molar-refractivity contribution in [2.45, 2.75) is 49.2 Å². The van der Waals surface area contributed by atoms with E-state index in [1.165, 1.54) is 16.7 Å². The highest BCUT2D eigenvalue weighted by Gasteiger charge is 2.57. The van der Waals surface area contributed by atoms with Gasteiger partial charge < -0.3 is 31.3 Å². The van der Waals surface area contributed by atoms with E-state index in [1.54, 1.807) is 6.92 Å². The molecule has 0 radical (unpaired) electrons. The fraction of sp³-hybridized carbons (Fsp3) is 0.706. The van der Waals surface area contributed by atoms with Gasteiger partial charge in [0.1, 0.15) is 0 Å². The normalized spacial score (nSPS) is 38.3. The van der Waals surface area contributed by atoms with Crippen LogP contribution in [0.3, 0.4) is 0 Å². The van der Waals surface area contributed by atoms with Gasteiger partial charge >= 0.3 is 6.16 Å². The number of nitrogens with one attached hydrogen (secondary N) is 2. The van der Waals surface area contributed by atoms with E-state index >= 15 is 0 Å². The highest BCUT2D eigenvalue weighted by atomic mass is 32.2. The van der Waals surface area contributed by atoms with Crippen LogP contribution in [-0.2, 0) is 14.3 Å². The molecule has 0 aliphatic carbocycles. The number of hydrogen-bond acceptors (Lipinski definition) is 8. The van der Waals surface area contributed by atoms with Gasteiger partial charge in [0.15, 0.2) is 0 Å². The fourth-order valence-electron chi connectivity index (χ4n) is 4.66. The van der Waals surface area contributed by atoms with E-state index in [4.69, 9.17) is 15.6 Å². The van der Waals surface area contributed by atoms with Gasteiger partial charge in [-0.1, -0.05) is 0 Å². The Morgan fingerprint density at radius 3 is 2.75 bits per heavy atom. The topological polar surface area (TPSA) is 154 Å². The van der Waals surface area contributed by atoms with E-state index < -0.39 is 24.2 Å². The number of carbonyl (C=O) groups excluding carboxylic acids is 2. The molecule has 6 N–H and O–H groups in total. The Kier molecular flexibility index (Phi) is 5.02. The van der Waals surface area contributed by atoms with E-state index in [-0.39, 0.29) is 40.9 Å². The van der Waals surface area contributed by atoms with Crippen molar-refractivity contribution >= 4 is 29.7 Å². The van der Waals surface area contributed by atoms with E-state index in [9.17, 15) is 19.5 Å². The van der Waals surface area contributed by atoms with Crippen molar-refractivity contribution in [2.24, 2.45) is 17.6 Å². The maximum Gasteiger partial charge on any atom is 0.512 e. The maximum atomic E-state index is 12.3. The Hall–Kier alpha value is -1.82. The maximum absolute atomic E-state index is 12.3. The van der Waals surface area contributed by atoms with Gasteiger partial charge in [0.05, 0.1) is 24.1 Å². The number of β-lactam (4-membered cyclic amide) rings is 1. The van der Waals surface area contributed by atoms with Crippen molar-refractivity contribution in [3.63, 3.8) is 0 Å². The molecule has 0 aromatic rings. The summed E-state index contributed by atoms with van der Waals surface area (Å²) < 4.78 is 4.93. The number of amides is 2. The van der Waals surface area contributed by atoms with Gasteiger partial charge in [0.2, 0.25) is 17.7 Å². The molecule has 0 spiro atoms. The van der Waals surface area contributed by atoms with Crippen LogP contribution >= 0.6 is 11.8 Å². The fourth-order valence-corrected chi connectivity index (χ4v) is 6.06. The van der Waals surface area contributed by atoms with Gasteiger partial charge in [-0.15, -0.1) is 11.8 Å². The first kappa shape index (κ1) is 19.5. The van der Waals surface area contributed by atoms with Gasteiger partial charge in [-0.25, -0.2) is 4.79 Å². The Labute approximate surface area is 165 Å². The van der Waals surface area contributed by atoms with Crippen molar-refractivity contribution in [1.29, 1.82) is 0 Å². The number of carboxylic acid groups (broad SMARTS) is 1. The predicted molar refractivity (Wildman–Crippen MR) is 98.8 cm³/mol. The molecule has 3 fully saturated rings. The largest absolute Gasteiger partial charge is 0.512 e. The molecule has 0 bridgehead atoms. The van der Waals surface area contributed by atoms with E-state index in [0.29, 0.717) is 24.4 Å². The van der Waals surface area contributed by atoms with Gasteiger partial charge in [-0.2, -0.15) is 0 Å². The molecule has 4 rings (SSSR count). The number of ether oxygens (including phenoxy) is 1. The summed E-state index contributed by atoms with van der Waals surface area (Å²) in [5.74, 6) is -0.885. The SMILES string of the molecule is C[C@@H](O)[C@H]1C(=O)N2C(OC(=O)O)=C(S[C@@H]3CN[C@H](C4CNC(=O)C4N)C3)C[C@H]12. The first-order valence-corrected chi connectivity index (χ1v) is 10.2. The number of thioether (sulfide) groups is 1. The van der Waals surface area contributed by atoms with Gasteiger partial charge in [0.25, 0.3) is 0 Å². The standard InChI is InChI=1S/C17H24N4O6S/c1-6(22)12-10-3-11(16(27-17(25)26)21(10)15(12)24)28-7-2-9(19-4-7)8-5-20-14(23)13(8)18/h6-10,12-13,19,22H,2-5,18H2,1H3,(H,20,23)(H,25,26)/t6-,7+,8?,9+,10-,12-,13?/m1/s1. The van der Waals surface area contributed by atoms with Crippen LogP contribution in [0.15, 0.2) is 10.8 Å². The van der Waals surface area contributed by atoms with E-state index in [0.717, 1.165) is 6.42 Å². The average molecular weight is 412 g/mol. The molecule has 10 nitrogen and oxygen atoms in total. The van der Waals surface area contributed by atoms with E-state index in [1.807, 2.05) is 0 Å². The molecule has 11 heteroatoms. The van der Waals surface area contributed by atoms with Crippen LogP contribution in [0.1, 0.15) is 19.8 Å². The summed E-state index contributed by atoms with van der Waals surface area (Å²) in [5.41, 5.74) is 5.97. The molecule has 28 heavy (non-hydrogen) atoms. The third-order valence-corrected chi connectivity index (χ3v) is 7.37. The van der Waals surface area contributed by atoms with Crippen LogP contribution in [0.5, 0.6) is 0 Å². The number of nitrogens with two attached hydrogens (primary N) is 1. The van der Waals surface area contributed by atoms with Crippen LogP contribution < -0.4 is 16.4 Å². The lowest BCUT2D eigenvalue weighted by Gasteiger charge is -2.44. The van der Waals surface area contributed by atoms with Gasteiger partial charge in [-0.05, 0) is 13.3 Å². The minimum absolute atomic E-state index is 0.0199. The van der Waals surface area contributed by atoms with Crippen LogP contribution in [0.4, 0.5) is 4.79 Å². The van der Waals surface area contributed by atoms with Gasteiger partial charge in [-0.3, -0.25) is 14.5 Å². The summed E-state index contributed by atoms with van der Waals surface area (Å²) in [6, 6.07) is -0.690. The molecule has 4 aliphatic rings. The van der Waals surface area contributed by atoms with E-state index in [2.05, 4.69) is 10.6 Å². The minimum atomic E-state index is -1.47. The average Bonchev–Trinajstić information content (AvgIpc) is 3.26. The first-order chi connectivity index (χ1) is 13.3. The summed E-state index contributed by atoms with van der Waals surface area (Å²) >= 11 is 1.50. The number of nitrogens with zero attached hydrogens (tertiary/aromatic N) is 1. The summed E-state index contributed by atoms with van der Waals surface area (Å²) in [6.07, 6.45) is -1.01. The highest BCUT2D eigenvalue weighted by molar-refractivity contribution is 8.03. The molecule has 3 saturated heterocycles. The Balaban J connectivity index is 1.45. The molecule has 2 unspecified atom stereocenters. The molecule has 4 heterocycles. The number of aliphatic hydroxyl groups excluding tert-OH is 1. The highest BCUT2D eigenvalue weighted by Crippen LogP contribution is 2.49. The molecule has 0 saturated carbocycles. The van der Waals surface area contributed by atoms with Crippen molar-refractivity contribution < 1.29 is 29.3 Å². The van der Waals surface area contributed by atoms with Crippen molar-refractivity contribution in [3.8, 4) is 0 Å². The zero-order chi connectivity index (χ0) is 20.2. The number of fused-ring (bicyclic) bond motifs is 1. The monoisotopic (exact) mass is 412 g/mol. The predicted octanol–water partition coefficient (Wildman–Crippen LogP) is -1.00. The number of aliphatic hydroxyl groups is 1. The Bertz CT molecular complexity index is 743. The number of rotatable bonds is 5. The summed E-state index contributed by atoms with van der Waals surface area (Å²) in [6.45, 7) is 2.80. The lowest BCUT2D eigenvalue weighted by molar-refractivity contribution is -0.161. The minimum Gasteiger partial charge on any atom is -0.449 e. The quantitative estimate of drug-likeness (QED) is 0.282. The van der Waals surface area contributed by atoms with Crippen LogP contribution in [-0.4, -0.2) is 75.7 Å². The Morgan fingerprint density at radius 2 is 2.14 bits per heavy atom. The smallest absolute Gasteiger partial charge is 0.449 e. The molecule has 2 amide bonds. The third kappa shape index (κ3) is 3.15. The zero-order valence-electron chi connectivity index (χ0n) is 15.3. The first-order valence-electron chi connectivity index (χ1n) is 9.36. The summed E-state index contributed by atoms with van der Waals surface area (Å²) in [7, 11) is 0. The second kappa shape index (κ2) is 7.21. The van der Waals surface area contributed by atoms with Crippen LogP contribution in [0, 0.1) is 11.8 Å². The lowest BCUT2D eigenvalue weighted by atomic mass is 9.84. The van der Waals surface area contributed by atoms with Crippen LogP contribution in [0.25, 0.3) is 0 Å². The second-order valence-corrected chi connectivity index (χ2v) is 9.16. The lowest BCUT2D eigenvalue weighted by Crippen LogP contribution is -2.61. The molecule has 4 aliphatic heterocycles. The van der Waals surface area contributed by atoms with Crippen LogP contribution in [0.2, 0.25) is 0 Å². The second-order valence-electron chi connectivity index (χ2n) is 7.77. The summed E-state index contributed by atoms with van der Waals surface area (Å²) in [4.78, 5) is 37.1. The van der Waals surface area contributed by atoms with Crippen molar-refractivity contribution in [2.75, 3.05) is 13.1 Å². The molecular weight excluding hydrogens is 388 g/mol. The number of carbonyl (C=O) groups is 3. The molecule has 0 aromatic heterocycles. The molecule has 154 valence electrons. The van der Waals surface area contributed by atoms with Crippen molar-refractivity contribution in [1.82, 2.24) is 15.5 Å². The molecule has 7 atom stereocenters. The zero-order valence-corrected chi connectivity index (χ0v) is 16.1. The summed E-state index contributed by atoms with van der Waals surface area (Å²) in [5, 5.41) is 25.2.